The summed E-state index contributed by atoms with van der Waals surface area (Å²) in [5.41, 5.74) is 10.6. The van der Waals surface area contributed by atoms with Gasteiger partial charge >= 0.3 is 0 Å². The third kappa shape index (κ3) is 5.97. The number of allylic oxidation sites excluding steroid dienone is 4. The topological polar surface area (TPSA) is 64.7 Å². The van der Waals surface area contributed by atoms with E-state index in [0.29, 0.717) is 11.6 Å². The summed E-state index contributed by atoms with van der Waals surface area (Å²) in [6, 6.07) is 53.7. The molecule has 0 bridgehead atoms. The largest absolute Gasteiger partial charge is 0.456 e. The molecule has 11 aromatic rings. The highest BCUT2D eigenvalue weighted by atomic mass is 32.1. The van der Waals surface area contributed by atoms with E-state index in [-0.39, 0.29) is 5.92 Å². The molecule has 1 aliphatic carbocycles. The molecule has 0 radical (unpaired) electrons. The number of aromatic nitrogens is 4. The Morgan fingerprint density at radius 3 is 2.05 bits per heavy atom. The lowest BCUT2D eigenvalue weighted by molar-refractivity contribution is 0.669. The van der Waals surface area contributed by atoms with Gasteiger partial charge in [0.1, 0.15) is 22.0 Å². The lowest BCUT2D eigenvalue weighted by atomic mass is 9.99. The molecule has 0 saturated carbocycles. The summed E-state index contributed by atoms with van der Waals surface area (Å²) in [5.74, 6) is 2.17. The van der Waals surface area contributed by atoms with Crippen molar-refractivity contribution in [3.05, 3.63) is 182 Å². The van der Waals surface area contributed by atoms with Crippen molar-refractivity contribution in [2.75, 3.05) is 0 Å². The number of thiazole rings is 1. The van der Waals surface area contributed by atoms with Crippen LogP contribution in [0, 0.1) is 0 Å². The molecule has 0 aliphatic heterocycles. The smallest absolute Gasteiger partial charge is 0.163 e. The fourth-order valence-electron chi connectivity index (χ4n) is 8.26. The number of nitrogens with zero attached hydrogens (tertiary/aromatic N) is 4. The van der Waals surface area contributed by atoms with Crippen molar-refractivity contribution in [3.8, 4) is 55.6 Å². The van der Waals surface area contributed by atoms with Gasteiger partial charge in [-0.25, -0.2) is 19.9 Å². The summed E-state index contributed by atoms with van der Waals surface area (Å²) in [4.78, 5) is 20.1. The van der Waals surface area contributed by atoms with E-state index in [4.69, 9.17) is 24.4 Å². The Morgan fingerprint density at radius 2 is 1.19 bits per heavy atom. The highest BCUT2D eigenvalue weighted by molar-refractivity contribution is 7.26. The van der Waals surface area contributed by atoms with Crippen LogP contribution in [0.5, 0.6) is 0 Å². The molecule has 1 unspecified atom stereocenters. The van der Waals surface area contributed by atoms with Gasteiger partial charge in [0.25, 0.3) is 0 Å². The molecule has 0 saturated heterocycles. The van der Waals surface area contributed by atoms with E-state index in [1.807, 2.05) is 47.7 Å². The molecule has 59 heavy (non-hydrogen) atoms. The van der Waals surface area contributed by atoms with Crippen molar-refractivity contribution in [2.24, 2.45) is 0 Å². The minimum Gasteiger partial charge on any atom is -0.456 e. The third-order valence-electron chi connectivity index (χ3n) is 11.3. The first-order chi connectivity index (χ1) is 29.2. The minimum absolute atomic E-state index is 0.0770. The minimum atomic E-state index is 0.0770. The first kappa shape index (κ1) is 34.0. The molecule has 7 heteroatoms. The Hall–Kier alpha value is -7.06. The van der Waals surface area contributed by atoms with Gasteiger partial charge in [-0.1, -0.05) is 127 Å². The molecule has 1 aliphatic rings. The molecule has 0 spiro atoms. The van der Waals surface area contributed by atoms with E-state index in [1.165, 1.54) is 41.6 Å². The van der Waals surface area contributed by atoms with Crippen LogP contribution < -0.4 is 0 Å². The summed E-state index contributed by atoms with van der Waals surface area (Å²) in [6.07, 6.45) is 9.35. The van der Waals surface area contributed by atoms with Crippen molar-refractivity contribution in [3.63, 3.8) is 0 Å². The van der Waals surface area contributed by atoms with Crippen LogP contribution >= 0.6 is 22.7 Å². The van der Waals surface area contributed by atoms with Crippen molar-refractivity contribution in [1.82, 2.24) is 19.9 Å². The highest BCUT2D eigenvalue weighted by Crippen LogP contribution is 2.42. The number of para-hydroxylation sites is 2. The first-order valence-corrected chi connectivity index (χ1v) is 21.4. The summed E-state index contributed by atoms with van der Waals surface area (Å²) in [5, 5.41) is 5.72. The van der Waals surface area contributed by atoms with Crippen molar-refractivity contribution in [2.45, 2.75) is 12.3 Å². The van der Waals surface area contributed by atoms with Gasteiger partial charge in [0.05, 0.1) is 10.2 Å². The molecule has 4 heterocycles. The van der Waals surface area contributed by atoms with Gasteiger partial charge in [0.15, 0.2) is 11.6 Å². The Bertz CT molecular complexity index is 3450. The van der Waals surface area contributed by atoms with E-state index in [9.17, 15) is 0 Å². The van der Waals surface area contributed by atoms with Crippen molar-refractivity contribution < 1.29 is 4.42 Å². The summed E-state index contributed by atoms with van der Waals surface area (Å²) in [6.45, 7) is 0. The number of fused-ring (bicyclic) bond motifs is 7. The average Bonchev–Trinajstić information content (AvgIpc) is 4.02. The van der Waals surface area contributed by atoms with Crippen molar-refractivity contribution in [1.29, 1.82) is 0 Å². The van der Waals surface area contributed by atoms with Crippen LogP contribution in [0.15, 0.2) is 180 Å². The Labute approximate surface area is 347 Å². The molecule has 0 N–H and O–H groups in total. The van der Waals surface area contributed by atoms with E-state index in [2.05, 4.69) is 140 Å². The summed E-state index contributed by atoms with van der Waals surface area (Å²) >= 11 is 3.59. The number of benzene rings is 7. The van der Waals surface area contributed by atoms with Gasteiger partial charge in [-0.3, -0.25) is 0 Å². The molecular formula is C52H32N4OS2. The Morgan fingerprint density at radius 1 is 0.475 bits per heavy atom. The van der Waals surface area contributed by atoms with Gasteiger partial charge in [-0.2, -0.15) is 0 Å². The summed E-state index contributed by atoms with van der Waals surface area (Å²) in [7, 11) is 0. The van der Waals surface area contributed by atoms with Crippen molar-refractivity contribution >= 4 is 75.0 Å². The molecule has 12 rings (SSSR count). The molecule has 278 valence electrons. The van der Waals surface area contributed by atoms with Gasteiger partial charge in [-0.05, 0) is 77.2 Å². The second kappa shape index (κ2) is 13.8. The highest BCUT2D eigenvalue weighted by Gasteiger charge is 2.19. The van der Waals surface area contributed by atoms with E-state index in [1.54, 1.807) is 11.3 Å². The van der Waals surface area contributed by atoms with E-state index in [0.717, 1.165) is 67.0 Å². The normalized spacial score (nSPS) is 14.1. The molecule has 0 fully saturated rings. The molecule has 4 aromatic heterocycles. The van der Waals surface area contributed by atoms with Gasteiger partial charge < -0.3 is 4.42 Å². The van der Waals surface area contributed by atoms with Crippen LogP contribution in [0.25, 0.3) is 108 Å². The number of hydrogen-bond acceptors (Lipinski definition) is 7. The molecular weight excluding hydrogens is 761 g/mol. The maximum Gasteiger partial charge on any atom is 0.163 e. The zero-order valence-corrected chi connectivity index (χ0v) is 33.2. The lowest BCUT2D eigenvalue weighted by Gasteiger charge is -2.14. The Balaban J connectivity index is 0.882. The summed E-state index contributed by atoms with van der Waals surface area (Å²) < 4.78 is 9.89. The quantitative estimate of drug-likeness (QED) is 0.168. The van der Waals surface area contributed by atoms with E-state index >= 15 is 0 Å². The fraction of sp³-hybridized carbons (Fsp3) is 0.0385. The first-order valence-electron chi connectivity index (χ1n) is 19.7. The predicted octanol–water partition coefficient (Wildman–Crippen LogP) is 14.7. The molecule has 0 amide bonds. The number of rotatable bonds is 6. The second-order valence-corrected chi connectivity index (χ2v) is 17.0. The van der Waals surface area contributed by atoms with Crippen LogP contribution in [0.1, 0.15) is 18.2 Å². The maximum atomic E-state index is 6.12. The van der Waals surface area contributed by atoms with Crippen LogP contribution in [0.2, 0.25) is 0 Å². The SMILES string of the molecule is C1=CCC(c2nc(-c3ccc(-c4cccc5c4sc4ccc(-c6ccc(-c7nc8ccccc8s7)cc6)cc45)cc3)nc(-c3ccc4oc5ccccc5c4c3)n2)C=C1. The number of thiophene rings is 1. The molecule has 7 aromatic carbocycles. The number of hydrogen-bond donors (Lipinski definition) is 0. The monoisotopic (exact) mass is 792 g/mol. The molecule has 5 nitrogen and oxygen atoms in total. The standard InChI is InChI=1S/C52H32N4OS2/c1-2-9-33(10-3-1)49-54-50(56-51(55-49)37-25-27-45-41(30-37)39-11-4-6-15-44(39)57-45)34-21-19-32(20-22-34)38-12-8-13-40-42-29-36(26-28-46(42)58-48(38)40)31-17-23-35(24-18-31)52-53-43-14-5-7-16-47(43)59-52/h1-9,11-30,33H,10H2. The predicted molar refractivity (Wildman–Crippen MR) is 246 cm³/mol. The van der Waals surface area contributed by atoms with Crippen LogP contribution in [0.4, 0.5) is 0 Å². The van der Waals surface area contributed by atoms with Crippen LogP contribution in [0.3, 0.4) is 0 Å². The van der Waals surface area contributed by atoms with Gasteiger partial charge in [-0.15, -0.1) is 22.7 Å². The van der Waals surface area contributed by atoms with E-state index < -0.39 is 0 Å². The van der Waals surface area contributed by atoms with Crippen LogP contribution in [-0.4, -0.2) is 19.9 Å². The lowest BCUT2D eigenvalue weighted by Crippen LogP contribution is -2.07. The van der Waals surface area contributed by atoms with Crippen LogP contribution in [-0.2, 0) is 0 Å². The zero-order chi connectivity index (χ0) is 38.9. The third-order valence-corrected chi connectivity index (χ3v) is 13.6. The molecule has 1 atom stereocenters. The second-order valence-electron chi connectivity index (χ2n) is 14.9. The van der Waals surface area contributed by atoms with Gasteiger partial charge in [0.2, 0.25) is 0 Å². The fourth-order valence-corrected chi connectivity index (χ4v) is 10.4. The van der Waals surface area contributed by atoms with Gasteiger partial charge in [0, 0.05) is 53.6 Å². The zero-order valence-electron chi connectivity index (χ0n) is 31.5. The number of furan rings is 1. The Kier molecular flexibility index (Phi) is 7.96. The maximum absolute atomic E-state index is 6.12. The average molecular weight is 793 g/mol.